The zero-order valence-electron chi connectivity index (χ0n) is 43.7. The molecule has 8 amide bonds. The Hall–Kier alpha value is -9.63. The largest absolute Gasteiger partial charge is 0.508 e. The molecule has 0 unspecified atom stereocenters. The summed E-state index contributed by atoms with van der Waals surface area (Å²) in [6, 6.07) is 10.8. The van der Waals surface area contributed by atoms with Crippen molar-refractivity contribution in [3.8, 4) is 11.5 Å². The number of phenolic OH excluding ortho intramolecular Hbond substituents is 2. The average molecular weight is 1100 g/mol. The molecule has 79 heavy (non-hydrogen) atoms. The first-order valence-corrected chi connectivity index (χ1v) is 25.2. The lowest BCUT2D eigenvalue weighted by molar-refractivity contribution is -0.135. The molecule has 4 rings (SSSR count). The number of primary amides is 1. The summed E-state index contributed by atoms with van der Waals surface area (Å²) in [6.45, 7) is 0.795. The molecule has 426 valence electrons. The van der Waals surface area contributed by atoms with Crippen LogP contribution in [-0.4, -0.2) is 143 Å². The van der Waals surface area contributed by atoms with Crippen molar-refractivity contribution in [3.63, 3.8) is 0 Å². The molecule has 6 atom stereocenters. The molecule has 0 radical (unpaired) electrons. The van der Waals surface area contributed by atoms with Gasteiger partial charge in [0.2, 0.25) is 47.3 Å². The van der Waals surface area contributed by atoms with E-state index in [0.29, 0.717) is 34.0 Å². The molecule has 0 bridgehead atoms. The average Bonchev–Trinajstić information content (AvgIpc) is 3.80. The Kier molecular flexibility index (Phi) is 24.6. The second-order valence-electron chi connectivity index (χ2n) is 18.4. The van der Waals surface area contributed by atoms with Gasteiger partial charge in [-0.2, -0.15) is 0 Å². The van der Waals surface area contributed by atoms with Crippen LogP contribution in [0.1, 0.15) is 62.1 Å². The van der Waals surface area contributed by atoms with E-state index in [-0.39, 0.29) is 100 Å². The van der Waals surface area contributed by atoms with Crippen LogP contribution in [0.5, 0.6) is 11.5 Å². The quantitative estimate of drug-likeness (QED) is 0.0127. The molecule has 1 heterocycles. The van der Waals surface area contributed by atoms with E-state index >= 15 is 0 Å². The highest BCUT2D eigenvalue weighted by atomic mass is 16.3. The van der Waals surface area contributed by atoms with Crippen LogP contribution < -0.4 is 77.4 Å². The Labute approximate surface area is 455 Å². The highest BCUT2D eigenvalue weighted by Gasteiger charge is 2.33. The van der Waals surface area contributed by atoms with Crippen molar-refractivity contribution in [2.75, 3.05) is 26.2 Å². The predicted octanol–water partition coefficient (Wildman–Crippen LogP) is -3.70. The Morgan fingerprint density at radius 1 is 0.494 bits per heavy atom. The predicted molar refractivity (Wildman–Crippen MR) is 295 cm³/mol. The highest BCUT2D eigenvalue weighted by Crippen LogP contribution is 2.20. The molecular formula is C51H72N18O10. The molecule has 28 heteroatoms. The van der Waals surface area contributed by atoms with Gasteiger partial charge in [0, 0.05) is 62.9 Å². The van der Waals surface area contributed by atoms with Gasteiger partial charge >= 0.3 is 0 Å². The van der Waals surface area contributed by atoms with Crippen LogP contribution in [0.3, 0.4) is 0 Å². The van der Waals surface area contributed by atoms with E-state index < -0.39 is 90.1 Å². The minimum absolute atomic E-state index is 0.0120. The summed E-state index contributed by atoms with van der Waals surface area (Å²) in [7, 11) is 0. The Morgan fingerprint density at radius 2 is 0.899 bits per heavy atom. The van der Waals surface area contributed by atoms with Crippen LogP contribution in [0.15, 0.2) is 94.0 Å². The summed E-state index contributed by atoms with van der Waals surface area (Å²) in [5, 5.41) is 38.8. The van der Waals surface area contributed by atoms with Crippen molar-refractivity contribution < 1.29 is 48.6 Å². The standard InChI is InChI=1S/C51H72N18O10/c1-28(70)64-36(9-4-20-59-49(53)54)44(75)63-27-42(73)65-40(24-30-14-18-33(72)19-15-30)47(78)66-38(11-6-22-61-51(57)58)46(77)69-41(25-31-26-62-35-8-3-2-7-34(31)35)48(79)67-37(10-5-21-60-50(55)56)45(76)68-39(43(52)74)23-29-12-16-32(71)17-13-29/h2-3,7-8,12-19,26,36-41,62,71-72H,4-6,9-11,20-25,27H2,1H3,(H2,52,74)(H,63,75)(H,64,70)(H,65,73)(H,66,78)(H,67,79)(H,68,76)(H,69,77)(H4,53,54,59)(H4,55,56,60)(H4,57,58,61)/t36-,37-,38-,39-,40-,41-/m0/s1. The van der Waals surface area contributed by atoms with Gasteiger partial charge in [-0.3, -0.25) is 53.3 Å². The third-order valence-electron chi connectivity index (χ3n) is 12.0. The molecule has 4 aromatic rings. The van der Waals surface area contributed by atoms with E-state index in [1.807, 2.05) is 6.07 Å². The fraction of sp³-hybridized carbons (Fsp3) is 0.392. The van der Waals surface area contributed by atoms with Crippen molar-refractivity contribution in [2.24, 2.45) is 55.1 Å². The van der Waals surface area contributed by atoms with E-state index in [0.717, 1.165) is 0 Å². The summed E-state index contributed by atoms with van der Waals surface area (Å²) in [5.74, 6) is -7.07. The van der Waals surface area contributed by atoms with Crippen LogP contribution in [-0.2, 0) is 57.6 Å². The van der Waals surface area contributed by atoms with Crippen LogP contribution in [0.25, 0.3) is 10.9 Å². The Morgan fingerprint density at radius 3 is 1.35 bits per heavy atom. The van der Waals surface area contributed by atoms with Gasteiger partial charge in [-0.05, 0) is 85.5 Å². The SMILES string of the molecule is CC(=O)N[C@@H](CCCN=C(N)N)C(=O)NCC(=O)N[C@@H](Cc1ccc(O)cc1)C(=O)N[C@@H](CCCN=C(N)N)C(=O)N[C@@H](Cc1c[nH]c2ccccc12)C(=O)N[C@@H](CCCN=C(N)N)C(=O)N[C@@H](Cc1ccc(O)cc1)C(N)=O. The highest BCUT2D eigenvalue weighted by molar-refractivity contribution is 5.97. The topological polar surface area (TPSA) is 496 Å². The second-order valence-corrected chi connectivity index (χ2v) is 18.4. The maximum absolute atomic E-state index is 14.7. The lowest BCUT2D eigenvalue weighted by Crippen LogP contribution is -2.60. The molecule has 0 fully saturated rings. The zero-order valence-corrected chi connectivity index (χ0v) is 43.7. The number of rotatable bonds is 32. The van der Waals surface area contributed by atoms with Crippen LogP contribution in [0.2, 0.25) is 0 Å². The van der Waals surface area contributed by atoms with Gasteiger partial charge in [-0.1, -0.05) is 42.5 Å². The summed E-state index contributed by atoms with van der Waals surface area (Å²) in [5.41, 5.74) is 41.0. The third kappa shape index (κ3) is 22.2. The zero-order chi connectivity index (χ0) is 58.0. The molecular weight excluding hydrogens is 1020 g/mol. The van der Waals surface area contributed by atoms with Gasteiger partial charge in [0.1, 0.15) is 47.8 Å². The maximum atomic E-state index is 14.7. The van der Waals surface area contributed by atoms with Gasteiger partial charge in [0.05, 0.1) is 6.54 Å². The smallest absolute Gasteiger partial charge is 0.243 e. The fourth-order valence-corrected chi connectivity index (χ4v) is 8.08. The van der Waals surface area contributed by atoms with Crippen molar-refractivity contribution in [2.45, 2.75) is 101 Å². The molecule has 0 aliphatic rings. The Bertz CT molecular complexity index is 2810. The molecule has 28 nitrogen and oxygen atoms in total. The maximum Gasteiger partial charge on any atom is 0.243 e. The summed E-state index contributed by atoms with van der Waals surface area (Å²) >= 11 is 0. The number of carbonyl (C=O) groups is 8. The first-order valence-electron chi connectivity index (χ1n) is 25.2. The minimum atomic E-state index is -1.45. The monoisotopic (exact) mass is 1100 g/mol. The van der Waals surface area contributed by atoms with Gasteiger partial charge in [0.25, 0.3) is 0 Å². The first-order chi connectivity index (χ1) is 37.6. The van der Waals surface area contributed by atoms with Crippen molar-refractivity contribution in [1.29, 1.82) is 0 Å². The Balaban J connectivity index is 1.66. The number of phenols is 2. The third-order valence-corrected chi connectivity index (χ3v) is 12.0. The van der Waals surface area contributed by atoms with E-state index in [1.54, 1.807) is 36.5 Å². The van der Waals surface area contributed by atoms with E-state index in [9.17, 15) is 48.6 Å². The number of aromatic amines is 1. The summed E-state index contributed by atoms with van der Waals surface area (Å²) < 4.78 is 0. The molecule has 1 aromatic heterocycles. The van der Waals surface area contributed by atoms with E-state index in [1.165, 1.54) is 43.3 Å². The van der Waals surface area contributed by atoms with Crippen LogP contribution in [0.4, 0.5) is 0 Å². The number of aromatic nitrogens is 1. The number of amides is 8. The number of benzene rings is 3. The van der Waals surface area contributed by atoms with Crippen LogP contribution in [0, 0.1) is 0 Å². The molecule has 24 N–H and O–H groups in total. The molecule has 0 saturated carbocycles. The summed E-state index contributed by atoms with van der Waals surface area (Å²) in [4.78, 5) is 124. The number of guanidine groups is 3. The van der Waals surface area contributed by atoms with E-state index in [4.69, 9.17) is 40.1 Å². The number of nitrogens with zero attached hydrogens (tertiary/aromatic N) is 3. The second kappa shape index (κ2) is 31.4. The number of aromatic hydroxyl groups is 2. The number of hydrogen-bond donors (Lipinski definition) is 17. The number of fused-ring (bicyclic) bond motifs is 1. The molecule has 3 aromatic carbocycles. The number of para-hydroxylation sites is 1. The normalized spacial score (nSPS) is 13.1. The number of nitrogens with one attached hydrogen (secondary N) is 8. The van der Waals surface area contributed by atoms with Gasteiger partial charge in [0.15, 0.2) is 17.9 Å². The number of carbonyl (C=O) groups excluding carboxylic acids is 8. The first kappa shape index (κ1) is 61.9. The molecule has 0 aliphatic carbocycles. The summed E-state index contributed by atoms with van der Waals surface area (Å²) in [6.07, 6.45) is 1.75. The van der Waals surface area contributed by atoms with Crippen molar-refractivity contribution in [3.05, 3.63) is 95.7 Å². The van der Waals surface area contributed by atoms with Crippen molar-refractivity contribution >= 4 is 76.0 Å². The van der Waals surface area contributed by atoms with Gasteiger partial charge in [-0.15, -0.1) is 0 Å². The number of hydrogen-bond acceptors (Lipinski definition) is 13. The molecule has 0 saturated heterocycles. The molecule has 0 spiro atoms. The van der Waals surface area contributed by atoms with Crippen molar-refractivity contribution in [1.82, 2.24) is 42.2 Å². The lowest BCUT2D eigenvalue weighted by Gasteiger charge is -2.27. The number of H-pyrrole nitrogens is 1. The minimum Gasteiger partial charge on any atom is -0.508 e. The number of nitrogens with two attached hydrogens (primary N) is 7. The number of aliphatic imine (C=N–C) groups is 3. The molecule has 0 aliphatic heterocycles. The van der Waals surface area contributed by atoms with Gasteiger partial charge < -0.3 is 92.6 Å². The van der Waals surface area contributed by atoms with Gasteiger partial charge in [-0.25, -0.2) is 0 Å². The van der Waals surface area contributed by atoms with E-state index in [2.05, 4.69) is 57.2 Å². The van der Waals surface area contributed by atoms with Crippen LogP contribution >= 0.6 is 0 Å². The fourth-order valence-electron chi connectivity index (χ4n) is 8.08. The lowest BCUT2D eigenvalue weighted by atomic mass is 10.0.